The molecule has 92 valence electrons. The van der Waals surface area contributed by atoms with E-state index in [9.17, 15) is 9.59 Å². The van der Waals surface area contributed by atoms with Gasteiger partial charge in [0.25, 0.3) is 0 Å². The van der Waals surface area contributed by atoms with Gasteiger partial charge in [-0.25, -0.2) is 0 Å². The van der Waals surface area contributed by atoms with Crippen LogP contribution in [0.25, 0.3) is 0 Å². The number of carbonyl (C=O) groups is 2. The van der Waals surface area contributed by atoms with Crippen LogP contribution in [0.5, 0.6) is 0 Å². The van der Waals surface area contributed by atoms with Gasteiger partial charge in [0.15, 0.2) is 0 Å². The van der Waals surface area contributed by atoms with Crippen molar-refractivity contribution in [3.05, 3.63) is 0 Å². The second-order valence-electron chi connectivity index (χ2n) is 4.30. The average molecular weight is 237 g/mol. The first-order chi connectivity index (χ1) is 8.22. The van der Waals surface area contributed by atoms with Crippen LogP contribution in [0.15, 0.2) is 0 Å². The molecule has 0 bridgehead atoms. The van der Waals surface area contributed by atoms with Crippen molar-refractivity contribution in [1.29, 1.82) is 5.26 Å². The molecule has 1 heterocycles. The Morgan fingerprint density at radius 2 is 2.24 bits per heavy atom. The Labute approximate surface area is 99.5 Å². The van der Waals surface area contributed by atoms with Gasteiger partial charge in [-0.3, -0.25) is 9.59 Å². The molecule has 2 fully saturated rings. The van der Waals surface area contributed by atoms with Gasteiger partial charge in [0.2, 0.25) is 11.8 Å². The van der Waals surface area contributed by atoms with E-state index in [2.05, 4.69) is 5.32 Å². The molecular formula is C11H15N3O3. The van der Waals surface area contributed by atoms with Crippen LogP contribution in [0.1, 0.15) is 19.3 Å². The quantitative estimate of drug-likeness (QED) is 0.711. The van der Waals surface area contributed by atoms with E-state index in [0.29, 0.717) is 13.2 Å². The minimum absolute atomic E-state index is 0.168. The third-order valence-electron chi connectivity index (χ3n) is 2.91. The third kappa shape index (κ3) is 2.94. The van der Waals surface area contributed by atoms with Crippen LogP contribution in [-0.4, -0.2) is 48.6 Å². The molecule has 2 aliphatic rings. The summed E-state index contributed by atoms with van der Waals surface area (Å²) < 4.78 is 5.23. The number of morpholine rings is 1. The molecule has 17 heavy (non-hydrogen) atoms. The van der Waals surface area contributed by atoms with Crippen molar-refractivity contribution in [1.82, 2.24) is 10.2 Å². The Hall–Kier alpha value is -1.61. The Balaban J connectivity index is 1.97. The smallest absolute Gasteiger partial charge is 0.245 e. The van der Waals surface area contributed by atoms with Crippen molar-refractivity contribution in [2.24, 2.45) is 0 Å². The van der Waals surface area contributed by atoms with E-state index in [0.717, 1.165) is 12.8 Å². The largest absolute Gasteiger partial charge is 0.377 e. The van der Waals surface area contributed by atoms with E-state index in [1.54, 1.807) is 0 Å². The Morgan fingerprint density at radius 1 is 1.47 bits per heavy atom. The summed E-state index contributed by atoms with van der Waals surface area (Å²) in [4.78, 5) is 25.0. The highest BCUT2D eigenvalue weighted by Crippen LogP contribution is 2.19. The number of hydrogen-bond acceptors (Lipinski definition) is 4. The fourth-order valence-electron chi connectivity index (χ4n) is 1.81. The van der Waals surface area contributed by atoms with E-state index < -0.39 is 6.04 Å². The minimum Gasteiger partial charge on any atom is -0.377 e. The Bertz CT molecular complexity index is 359. The lowest BCUT2D eigenvalue weighted by Gasteiger charge is -2.34. The second-order valence-corrected chi connectivity index (χ2v) is 4.30. The normalized spacial score (nSPS) is 23.9. The Morgan fingerprint density at radius 3 is 2.88 bits per heavy atom. The van der Waals surface area contributed by atoms with Crippen molar-refractivity contribution in [2.75, 3.05) is 19.8 Å². The first-order valence-electron chi connectivity index (χ1n) is 5.77. The van der Waals surface area contributed by atoms with Crippen molar-refractivity contribution in [3.63, 3.8) is 0 Å². The van der Waals surface area contributed by atoms with Gasteiger partial charge in [0.05, 0.1) is 19.3 Å². The number of rotatable bonds is 3. The van der Waals surface area contributed by atoms with Gasteiger partial charge in [-0.2, -0.15) is 5.26 Å². The summed E-state index contributed by atoms with van der Waals surface area (Å²) in [5.74, 6) is -0.467. The molecule has 1 aliphatic heterocycles. The van der Waals surface area contributed by atoms with Crippen LogP contribution < -0.4 is 5.32 Å². The van der Waals surface area contributed by atoms with Gasteiger partial charge in [-0.05, 0) is 12.8 Å². The van der Waals surface area contributed by atoms with Crippen LogP contribution >= 0.6 is 0 Å². The zero-order chi connectivity index (χ0) is 12.3. The van der Waals surface area contributed by atoms with Crippen molar-refractivity contribution in [3.8, 4) is 6.07 Å². The lowest BCUT2D eigenvalue weighted by Crippen LogP contribution is -2.56. The number of amides is 2. The highest BCUT2D eigenvalue weighted by molar-refractivity contribution is 5.88. The highest BCUT2D eigenvalue weighted by atomic mass is 16.5. The standard InChI is InChI=1S/C11H15N3O3/c12-4-3-10(15)14-5-6-17-7-9(14)11(16)13-8-1-2-8/h8-9H,1-3,5-7H2,(H,13,16). The summed E-state index contributed by atoms with van der Waals surface area (Å²) in [7, 11) is 0. The molecule has 1 unspecified atom stereocenters. The summed E-state index contributed by atoms with van der Waals surface area (Å²) in [6.45, 7) is 1.02. The zero-order valence-electron chi connectivity index (χ0n) is 9.52. The van der Waals surface area contributed by atoms with Gasteiger partial charge in [-0.15, -0.1) is 0 Å². The van der Waals surface area contributed by atoms with E-state index in [-0.39, 0.29) is 30.9 Å². The van der Waals surface area contributed by atoms with Gasteiger partial charge in [0.1, 0.15) is 12.5 Å². The maximum Gasteiger partial charge on any atom is 0.245 e. The van der Waals surface area contributed by atoms with Crippen LogP contribution in [0.2, 0.25) is 0 Å². The zero-order valence-corrected chi connectivity index (χ0v) is 9.52. The monoisotopic (exact) mass is 237 g/mol. The molecule has 1 aliphatic carbocycles. The van der Waals surface area contributed by atoms with E-state index >= 15 is 0 Å². The van der Waals surface area contributed by atoms with Crippen molar-refractivity contribution in [2.45, 2.75) is 31.3 Å². The lowest BCUT2D eigenvalue weighted by molar-refractivity contribution is -0.147. The number of nitrogens with zero attached hydrogens (tertiary/aromatic N) is 2. The predicted molar refractivity (Wildman–Crippen MR) is 57.7 cm³/mol. The van der Waals surface area contributed by atoms with Gasteiger partial charge >= 0.3 is 0 Å². The maximum atomic E-state index is 11.9. The van der Waals surface area contributed by atoms with E-state index in [4.69, 9.17) is 10.00 Å². The number of nitriles is 1. The minimum atomic E-state index is -0.579. The second kappa shape index (κ2) is 5.15. The lowest BCUT2D eigenvalue weighted by atomic mass is 10.2. The summed E-state index contributed by atoms with van der Waals surface area (Å²) in [5, 5.41) is 11.4. The maximum absolute atomic E-state index is 11.9. The molecule has 6 heteroatoms. The molecule has 0 aromatic rings. The molecule has 0 radical (unpaired) electrons. The molecule has 1 saturated carbocycles. The van der Waals surface area contributed by atoms with Crippen LogP contribution in [0.3, 0.4) is 0 Å². The van der Waals surface area contributed by atoms with Crippen LogP contribution in [-0.2, 0) is 14.3 Å². The first kappa shape index (κ1) is 11.9. The number of ether oxygens (including phenoxy) is 1. The molecule has 6 nitrogen and oxygen atoms in total. The SMILES string of the molecule is N#CCC(=O)N1CCOCC1C(=O)NC1CC1. The number of hydrogen-bond donors (Lipinski definition) is 1. The van der Waals surface area contributed by atoms with E-state index in [1.165, 1.54) is 4.90 Å². The fraction of sp³-hybridized carbons (Fsp3) is 0.727. The molecular weight excluding hydrogens is 222 g/mol. The highest BCUT2D eigenvalue weighted by Gasteiger charge is 2.35. The van der Waals surface area contributed by atoms with Gasteiger partial charge < -0.3 is 15.0 Å². The molecule has 1 atom stereocenters. The number of carbonyl (C=O) groups excluding carboxylic acids is 2. The van der Waals surface area contributed by atoms with Gasteiger partial charge in [0, 0.05) is 12.6 Å². The van der Waals surface area contributed by atoms with Crippen LogP contribution in [0.4, 0.5) is 0 Å². The molecule has 0 aromatic carbocycles. The molecule has 2 amide bonds. The van der Waals surface area contributed by atoms with E-state index in [1.807, 2.05) is 6.07 Å². The molecule has 1 saturated heterocycles. The molecule has 2 rings (SSSR count). The molecule has 0 spiro atoms. The van der Waals surface area contributed by atoms with Crippen LogP contribution in [0, 0.1) is 11.3 Å². The molecule has 1 N–H and O–H groups in total. The first-order valence-corrected chi connectivity index (χ1v) is 5.77. The number of nitrogens with one attached hydrogen (secondary N) is 1. The topological polar surface area (TPSA) is 82.4 Å². The summed E-state index contributed by atoms with van der Waals surface area (Å²) in [5.41, 5.74) is 0. The third-order valence-corrected chi connectivity index (χ3v) is 2.91. The molecule has 0 aromatic heterocycles. The predicted octanol–water partition coefficient (Wildman–Crippen LogP) is -0.594. The Kier molecular flexibility index (Phi) is 3.59. The van der Waals surface area contributed by atoms with Gasteiger partial charge in [-0.1, -0.05) is 0 Å². The van der Waals surface area contributed by atoms with Crippen molar-refractivity contribution >= 4 is 11.8 Å². The summed E-state index contributed by atoms with van der Waals surface area (Å²) >= 11 is 0. The van der Waals surface area contributed by atoms with Crippen molar-refractivity contribution < 1.29 is 14.3 Å². The fourth-order valence-corrected chi connectivity index (χ4v) is 1.81. The summed E-state index contributed by atoms with van der Waals surface area (Å²) in [6, 6.07) is 1.50. The average Bonchev–Trinajstić information content (AvgIpc) is 3.13. The summed E-state index contributed by atoms with van der Waals surface area (Å²) in [6.07, 6.45) is 1.82.